The van der Waals surface area contributed by atoms with Crippen molar-refractivity contribution in [3.63, 3.8) is 0 Å². The minimum absolute atomic E-state index is 0.0549. The second kappa shape index (κ2) is 6.03. The summed E-state index contributed by atoms with van der Waals surface area (Å²) in [5, 5.41) is 2.74. The Morgan fingerprint density at radius 1 is 1.35 bits per heavy atom. The molecule has 1 aliphatic carbocycles. The molecule has 1 aromatic rings. The molecular weight excluding hydrogens is 261 g/mol. The van der Waals surface area contributed by atoms with E-state index in [1.807, 2.05) is 0 Å². The van der Waals surface area contributed by atoms with Crippen molar-refractivity contribution in [2.45, 2.75) is 32.8 Å². The second-order valence-electron chi connectivity index (χ2n) is 5.32. The first-order valence-electron chi connectivity index (χ1n) is 6.66. The summed E-state index contributed by atoms with van der Waals surface area (Å²) in [6, 6.07) is 4.16. The third-order valence-corrected chi connectivity index (χ3v) is 3.38. The van der Waals surface area contributed by atoms with Crippen LogP contribution in [-0.4, -0.2) is 24.5 Å². The Labute approximate surface area is 117 Å². The molecule has 4 nitrogen and oxygen atoms in total. The predicted molar refractivity (Wildman–Crippen MR) is 71.7 cm³/mol. The molecule has 1 aromatic carbocycles. The van der Waals surface area contributed by atoms with E-state index in [-0.39, 0.29) is 17.6 Å². The summed E-state index contributed by atoms with van der Waals surface area (Å²) in [4.78, 5) is 22.6. The van der Waals surface area contributed by atoms with Crippen LogP contribution in [0.15, 0.2) is 18.2 Å². The first-order valence-corrected chi connectivity index (χ1v) is 6.66. The highest BCUT2D eigenvalue weighted by atomic mass is 19.1. The molecule has 1 fully saturated rings. The van der Waals surface area contributed by atoms with Crippen LogP contribution in [0.4, 0.5) is 4.39 Å². The van der Waals surface area contributed by atoms with E-state index in [9.17, 15) is 14.0 Å². The maximum absolute atomic E-state index is 13.2. The number of rotatable bonds is 4. The fourth-order valence-electron chi connectivity index (χ4n) is 2.30. The van der Waals surface area contributed by atoms with Crippen molar-refractivity contribution in [1.82, 2.24) is 5.32 Å². The number of aryl methyl sites for hydroxylation is 1. The number of carbonyl (C=O) groups excluding carboxylic acids is 2. The van der Waals surface area contributed by atoms with Crippen molar-refractivity contribution in [1.29, 1.82) is 0 Å². The maximum atomic E-state index is 13.2. The van der Waals surface area contributed by atoms with Gasteiger partial charge in [-0.1, -0.05) is 0 Å². The summed E-state index contributed by atoms with van der Waals surface area (Å²) in [7, 11) is 0. The largest absolute Gasteiger partial charge is 0.459 e. The highest BCUT2D eigenvalue weighted by Gasteiger charge is 2.32. The van der Waals surface area contributed by atoms with Gasteiger partial charge in [-0.2, -0.15) is 0 Å². The number of hydrogen-bond donors (Lipinski definition) is 1. The van der Waals surface area contributed by atoms with E-state index in [0.29, 0.717) is 18.0 Å². The van der Waals surface area contributed by atoms with Crippen molar-refractivity contribution in [3.8, 4) is 0 Å². The monoisotopic (exact) mass is 279 g/mol. The summed E-state index contributed by atoms with van der Waals surface area (Å²) >= 11 is 0. The van der Waals surface area contributed by atoms with Crippen molar-refractivity contribution < 1.29 is 18.7 Å². The van der Waals surface area contributed by atoms with Gasteiger partial charge >= 0.3 is 5.97 Å². The molecule has 5 heteroatoms. The first-order chi connectivity index (χ1) is 9.44. The van der Waals surface area contributed by atoms with Crippen LogP contribution in [0.25, 0.3) is 0 Å². The summed E-state index contributed by atoms with van der Waals surface area (Å²) < 4.78 is 18.5. The zero-order valence-electron chi connectivity index (χ0n) is 11.6. The molecule has 0 atom stereocenters. The molecule has 0 radical (unpaired) electrons. The van der Waals surface area contributed by atoms with Gasteiger partial charge in [-0.25, -0.2) is 9.18 Å². The van der Waals surface area contributed by atoms with Crippen LogP contribution < -0.4 is 5.32 Å². The molecule has 1 saturated carbocycles. The van der Waals surface area contributed by atoms with Crippen molar-refractivity contribution in [3.05, 3.63) is 35.1 Å². The van der Waals surface area contributed by atoms with Gasteiger partial charge in [0.25, 0.3) is 0 Å². The average molecular weight is 279 g/mol. The number of carbonyl (C=O) groups is 2. The zero-order valence-corrected chi connectivity index (χ0v) is 11.6. The van der Waals surface area contributed by atoms with Crippen LogP contribution in [0.5, 0.6) is 0 Å². The van der Waals surface area contributed by atoms with Crippen LogP contribution in [0, 0.1) is 18.7 Å². The number of benzene rings is 1. The molecule has 108 valence electrons. The SMILES string of the molecule is CC(=O)NCC1CC(OC(=O)c2cc(C)cc(F)c2)C1. The van der Waals surface area contributed by atoms with E-state index in [1.165, 1.54) is 19.1 Å². The van der Waals surface area contributed by atoms with E-state index in [1.54, 1.807) is 13.0 Å². The Kier molecular flexibility index (Phi) is 4.37. The predicted octanol–water partition coefficient (Wildman–Crippen LogP) is 2.21. The first kappa shape index (κ1) is 14.5. The molecule has 0 spiro atoms. The Bertz CT molecular complexity index is 504. The number of nitrogens with one attached hydrogen (secondary N) is 1. The smallest absolute Gasteiger partial charge is 0.338 e. The topological polar surface area (TPSA) is 55.4 Å². The lowest BCUT2D eigenvalue weighted by molar-refractivity contribution is -0.119. The van der Waals surface area contributed by atoms with E-state index in [4.69, 9.17) is 4.74 Å². The Morgan fingerprint density at radius 2 is 2.05 bits per heavy atom. The number of halogens is 1. The third-order valence-electron chi connectivity index (χ3n) is 3.38. The Morgan fingerprint density at radius 3 is 2.65 bits per heavy atom. The highest BCUT2D eigenvalue weighted by Crippen LogP contribution is 2.30. The van der Waals surface area contributed by atoms with Crippen molar-refractivity contribution in [2.75, 3.05) is 6.54 Å². The normalized spacial score (nSPS) is 20.9. The molecule has 0 unspecified atom stereocenters. The molecule has 0 aromatic heterocycles. The number of esters is 1. The van der Waals surface area contributed by atoms with Gasteiger partial charge in [-0.05, 0) is 49.4 Å². The van der Waals surface area contributed by atoms with Gasteiger partial charge in [-0.15, -0.1) is 0 Å². The van der Waals surface area contributed by atoms with Gasteiger partial charge in [-0.3, -0.25) is 4.79 Å². The number of amides is 1. The summed E-state index contributed by atoms with van der Waals surface area (Å²) in [6.07, 6.45) is 1.34. The zero-order chi connectivity index (χ0) is 14.7. The average Bonchev–Trinajstić information content (AvgIpc) is 2.29. The summed E-state index contributed by atoms with van der Waals surface area (Å²) in [5.74, 6) is -0.628. The molecule has 0 bridgehead atoms. The van der Waals surface area contributed by atoms with Gasteiger partial charge in [0.15, 0.2) is 0 Å². The molecule has 1 amide bonds. The lowest BCUT2D eigenvalue weighted by Gasteiger charge is -2.34. The highest BCUT2D eigenvalue weighted by molar-refractivity contribution is 5.89. The molecule has 2 rings (SSSR count). The van der Waals surface area contributed by atoms with Crippen molar-refractivity contribution >= 4 is 11.9 Å². The quantitative estimate of drug-likeness (QED) is 0.860. The Balaban J connectivity index is 1.80. The van der Waals surface area contributed by atoms with E-state index in [0.717, 1.165) is 12.8 Å². The lowest BCUT2D eigenvalue weighted by atomic mass is 9.82. The minimum atomic E-state index is -0.490. The van der Waals surface area contributed by atoms with Crippen LogP contribution in [0.2, 0.25) is 0 Å². The molecule has 1 N–H and O–H groups in total. The number of hydrogen-bond acceptors (Lipinski definition) is 3. The standard InChI is InChI=1S/C15H18FNO3/c1-9-3-12(7-13(16)4-9)15(19)20-14-5-11(6-14)8-17-10(2)18/h3-4,7,11,14H,5-6,8H2,1-2H3,(H,17,18). The summed E-state index contributed by atoms with van der Waals surface area (Å²) in [6.45, 7) is 3.82. The fraction of sp³-hybridized carbons (Fsp3) is 0.467. The van der Waals surface area contributed by atoms with Crippen LogP contribution >= 0.6 is 0 Å². The molecule has 1 aliphatic rings. The van der Waals surface area contributed by atoms with Crippen LogP contribution in [0.1, 0.15) is 35.7 Å². The van der Waals surface area contributed by atoms with Gasteiger partial charge in [0, 0.05) is 13.5 Å². The molecule has 0 saturated heterocycles. The van der Waals surface area contributed by atoms with Gasteiger partial charge in [0.2, 0.25) is 5.91 Å². The molecule has 0 aliphatic heterocycles. The number of ether oxygens (including phenoxy) is 1. The van der Waals surface area contributed by atoms with Gasteiger partial charge in [0.05, 0.1) is 5.56 Å². The van der Waals surface area contributed by atoms with Gasteiger partial charge < -0.3 is 10.1 Å². The van der Waals surface area contributed by atoms with Crippen LogP contribution in [-0.2, 0) is 9.53 Å². The molecular formula is C15H18FNO3. The van der Waals surface area contributed by atoms with E-state index < -0.39 is 11.8 Å². The lowest BCUT2D eigenvalue weighted by Crippen LogP contribution is -2.40. The van der Waals surface area contributed by atoms with Gasteiger partial charge in [0.1, 0.15) is 11.9 Å². The molecule has 0 heterocycles. The Hall–Kier alpha value is -1.91. The van der Waals surface area contributed by atoms with Crippen molar-refractivity contribution in [2.24, 2.45) is 5.92 Å². The van der Waals surface area contributed by atoms with Crippen LogP contribution in [0.3, 0.4) is 0 Å². The fourth-order valence-corrected chi connectivity index (χ4v) is 2.30. The van der Waals surface area contributed by atoms with E-state index >= 15 is 0 Å². The minimum Gasteiger partial charge on any atom is -0.459 e. The maximum Gasteiger partial charge on any atom is 0.338 e. The third kappa shape index (κ3) is 3.79. The van der Waals surface area contributed by atoms with E-state index in [2.05, 4.69) is 5.32 Å². The molecule has 20 heavy (non-hydrogen) atoms. The second-order valence-corrected chi connectivity index (χ2v) is 5.32. The summed E-state index contributed by atoms with van der Waals surface area (Å²) in [5.41, 5.74) is 0.932.